The van der Waals surface area contributed by atoms with Crippen molar-refractivity contribution in [2.45, 2.75) is 19.4 Å². The quantitative estimate of drug-likeness (QED) is 0.563. The lowest BCUT2D eigenvalue weighted by Crippen LogP contribution is -2.25. The fourth-order valence-electron chi connectivity index (χ4n) is 3.29. The summed E-state index contributed by atoms with van der Waals surface area (Å²) >= 11 is 0. The Morgan fingerprint density at radius 1 is 0.933 bits per heavy atom. The van der Waals surface area contributed by atoms with E-state index in [0.29, 0.717) is 30.7 Å². The Morgan fingerprint density at radius 2 is 1.67 bits per heavy atom. The summed E-state index contributed by atoms with van der Waals surface area (Å²) in [5.74, 6) is 1.93. The van der Waals surface area contributed by atoms with Crippen LogP contribution in [0.2, 0.25) is 0 Å². The van der Waals surface area contributed by atoms with Crippen LogP contribution in [-0.4, -0.2) is 41.1 Å². The molecule has 0 aliphatic carbocycles. The molecule has 3 aromatic rings. The van der Waals surface area contributed by atoms with Crippen molar-refractivity contribution in [2.75, 3.05) is 31.6 Å². The molecule has 1 aliphatic rings. The number of aromatic nitrogens is 2. The summed E-state index contributed by atoms with van der Waals surface area (Å²) in [7, 11) is 0. The summed E-state index contributed by atoms with van der Waals surface area (Å²) in [6.45, 7) is 4.65. The number of anilines is 1. The molecule has 1 aliphatic heterocycles. The zero-order valence-corrected chi connectivity index (χ0v) is 16.8. The van der Waals surface area contributed by atoms with E-state index < -0.39 is 0 Å². The molecule has 0 bridgehead atoms. The average Bonchev–Trinajstić information content (AvgIpc) is 3.29. The highest BCUT2D eigenvalue weighted by Crippen LogP contribution is 2.20. The normalized spacial score (nSPS) is 13.9. The van der Waals surface area contributed by atoms with Crippen molar-refractivity contribution in [3.8, 4) is 17.4 Å². The molecule has 2 aromatic carbocycles. The predicted octanol–water partition coefficient (Wildman–Crippen LogP) is 4.49. The molecule has 0 saturated carbocycles. The highest BCUT2D eigenvalue weighted by atomic mass is 19.1. The van der Waals surface area contributed by atoms with E-state index in [4.69, 9.17) is 9.47 Å². The van der Waals surface area contributed by atoms with Crippen LogP contribution in [0.1, 0.15) is 18.4 Å². The monoisotopic (exact) mass is 408 g/mol. The number of rotatable bonds is 9. The van der Waals surface area contributed by atoms with Crippen molar-refractivity contribution in [2.24, 2.45) is 0 Å². The predicted molar refractivity (Wildman–Crippen MR) is 113 cm³/mol. The van der Waals surface area contributed by atoms with Gasteiger partial charge in [-0.3, -0.25) is 4.90 Å². The van der Waals surface area contributed by atoms with Gasteiger partial charge in [0.2, 0.25) is 11.8 Å². The van der Waals surface area contributed by atoms with E-state index in [1.165, 1.54) is 38.1 Å². The van der Waals surface area contributed by atoms with Crippen molar-refractivity contribution < 1.29 is 13.9 Å². The fraction of sp³-hybridized carbons (Fsp3) is 0.304. The molecule has 1 fully saturated rings. The van der Waals surface area contributed by atoms with Crippen LogP contribution in [0, 0.1) is 5.82 Å². The molecule has 1 N–H and O–H groups in total. The molecular weight excluding hydrogens is 383 g/mol. The molecule has 1 saturated heterocycles. The molecule has 30 heavy (non-hydrogen) atoms. The van der Waals surface area contributed by atoms with Gasteiger partial charge in [-0.25, -0.2) is 9.37 Å². The van der Waals surface area contributed by atoms with Crippen molar-refractivity contribution in [1.82, 2.24) is 14.9 Å². The number of halogens is 1. The van der Waals surface area contributed by atoms with Crippen LogP contribution in [0.5, 0.6) is 17.4 Å². The minimum atomic E-state index is -0.310. The van der Waals surface area contributed by atoms with Crippen molar-refractivity contribution in [1.29, 1.82) is 0 Å². The van der Waals surface area contributed by atoms with E-state index in [1.54, 1.807) is 24.4 Å². The van der Waals surface area contributed by atoms with E-state index in [-0.39, 0.29) is 5.82 Å². The lowest BCUT2D eigenvalue weighted by atomic mass is 10.2. The van der Waals surface area contributed by atoms with E-state index in [9.17, 15) is 4.39 Å². The Hall–Kier alpha value is -3.19. The molecule has 1 aromatic heterocycles. The van der Waals surface area contributed by atoms with Crippen molar-refractivity contribution in [3.63, 3.8) is 0 Å². The summed E-state index contributed by atoms with van der Waals surface area (Å²) in [4.78, 5) is 11.0. The number of nitrogens with one attached hydrogen (secondary N) is 1. The number of ether oxygens (including phenoxy) is 2. The molecule has 6 nitrogen and oxygen atoms in total. The standard InChI is InChI=1S/C23H25FN4O2/c24-19-5-9-21(10-6-19)30-22-11-12-25-23(27-22)26-17-18-3-7-20(8-4-18)29-16-15-28-13-1-2-14-28/h3-12H,1-2,13-17H2,(H,25,26,27). The molecule has 4 rings (SSSR count). The SMILES string of the molecule is Fc1ccc(Oc2ccnc(NCc3ccc(OCCN4CCCC4)cc3)n2)cc1. The second kappa shape index (κ2) is 10.0. The zero-order chi connectivity index (χ0) is 20.6. The van der Waals surface area contributed by atoms with Crippen LogP contribution in [0.3, 0.4) is 0 Å². The van der Waals surface area contributed by atoms with Gasteiger partial charge in [-0.05, 0) is 67.9 Å². The Bertz CT molecular complexity index is 929. The van der Waals surface area contributed by atoms with Gasteiger partial charge < -0.3 is 14.8 Å². The maximum Gasteiger partial charge on any atom is 0.226 e. The first-order valence-corrected chi connectivity index (χ1v) is 10.2. The summed E-state index contributed by atoms with van der Waals surface area (Å²) in [6, 6.07) is 15.5. The van der Waals surface area contributed by atoms with E-state index >= 15 is 0 Å². The van der Waals surface area contributed by atoms with Crippen LogP contribution in [0.15, 0.2) is 60.8 Å². The van der Waals surface area contributed by atoms with Crippen LogP contribution in [0.25, 0.3) is 0 Å². The highest BCUT2D eigenvalue weighted by molar-refractivity contribution is 5.34. The maximum absolute atomic E-state index is 13.0. The van der Waals surface area contributed by atoms with Gasteiger partial charge in [-0.2, -0.15) is 4.98 Å². The van der Waals surface area contributed by atoms with E-state index in [1.807, 2.05) is 24.3 Å². The third-order valence-corrected chi connectivity index (χ3v) is 4.91. The summed E-state index contributed by atoms with van der Waals surface area (Å²) < 4.78 is 24.5. The lowest BCUT2D eigenvalue weighted by Gasteiger charge is -2.15. The number of hydrogen-bond acceptors (Lipinski definition) is 6. The van der Waals surface area contributed by atoms with Gasteiger partial charge in [-0.15, -0.1) is 0 Å². The Labute approximate surface area is 175 Å². The van der Waals surface area contributed by atoms with E-state index in [2.05, 4.69) is 20.2 Å². The van der Waals surface area contributed by atoms with Gasteiger partial charge in [0.05, 0.1) is 0 Å². The molecule has 0 atom stereocenters. The Morgan fingerprint density at radius 3 is 2.43 bits per heavy atom. The molecular formula is C23H25FN4O2. The van der Waals surface area contributed by atoms with Crippen molar-refractivity contribution >= 4 is 5.95 Å². The van der Waals surface area contributed by atoms with E-state index in [0.717, 1.165) is 17.9 Å². The largest absolute Gasteiger partial charge is 0.492 e. The van der Waals surface area contributed by atoms with Crippen LogP contribution >= 0.6 is 0 Å². The van der Waals surface area contributed by atoms with Gasteiger partial charge in [0.25, 0.3) is 0 Å². The highest BCUT2D eigenvalue weighted by Gasteiger charge is 2.10. The number of hydrogen-bond donors (Lipinski definition) is 1. The van der Waals surface area contributed by atoms with Crippen LogP contribution < -0.4 is 14.8 Å². The zero-order valence-electron chi connectivity index (χ0n) is 16.8. The molecule has 156 valence electrons. The lowest BCUT2D eigenvalue weighted by molar-refractivity contribution is 0.238. The molecule has 7 heteroatoms. The second-order valence-corrected chi connectivity index (χ2v) is 7.17. The van der Waals surface area contributed by atoms with Crippen LogP contribution in [0.4, 0.5) is 10.3 Å². The first-order chi connectivity index (χ1) is 14.7. The van der Waals surface area contributed by atoms with Gasteiger partial charge in [0.15, 0.2) is 0 Å². The average molecular weight is 408 g/mol. The molecule has 0 amide bonds. The summed E-state index contributed by atoms with van der Waals surface area (Å²) in [5, 5.41) is 3.19. The number of likely N-dealkylation sites (tertiary alicyclic amines) is 1. The Balaban J connectivity index is 1.25. The second-order valence-electron chi connectivity index (χ2n) is 7.17. The first kappa shape index (κ1) is 20.1. The maximum atomic E-state index is 13.0. The molecule has 2 heterocycles. The van der Waals surface area contributed by atoms with Gasteiger partial charge in [0.1, 0.15) is 23.9 Å². The fourth-order valence-corrected chi connectivity index (χ4v) is 3.29. The first-order valence-electron chi connectivity index (χ1n) is 10.2. The minimum absolute atomic E-state index is 0.310. The summed E-state index contributed by atoms with van der Waals surface area (Å²) in [6.07, 6.45) is 4.21. The topological polar surface area (TPSA) is 59.5 Å². The third-order valence-electron chi connectivity index (χ3n) is 4.91. The molecule has 0 radical (unpaired) electrons. The summed E-state index contributed by atoms with van der Waals surface area (Å²) in [5.41, 5.74) is 1.09. The minimum Gasteiger partial charge on any atom is -0.492 e. The third kappa shape index (κ3) is 5.90. The number of nitrogens with zero attached hydrogens (tertiary/aromatic N) is 3. The smallest absolute Gasteiger partial charge is 0.226 e. The van der Waals surface area contributed by atoms with Crippen LogP contribution in [-0.2, 0) is 6.54 Å². The van der Waals surface area contributed by atoms with Gasteiger partial charge in [-0.1, -0.05) is 12.1 Å². The van der Waals surface area contributed by atoms with Gasteiger partial charge in [0, 0.05) is 25.4 Å². The molecule has 0 spiro atoms. The van der Waals surface area contributed by atoms with Gasteiger partial charge >= 0.3 is 0 Å². The molecule has 0 unspecified atom stereocenters. The van der Waals surface area contributed by atoms with Crippen molar-refractivity contribution in [3.05, 3.63) is 72.2 Å². The Kier molecular flexibility index (Phi) is 6.72. The number of benzene rings is 2.